The Hall–Kier alpha value is -0.670. The fourth-order valence-corrected chi connectivity index (χ4v) is 2.77. The third-order valence-electron chi connectivity index (χ3n) is 2.77. The van der Waals surface area contributed by atoms with E-state index >= 15 is 0 Å². The number of ketones is 1. The molecule has 0 saturated heterocycles. The number of hydrogen-bond acceptors (Lipinski definition) is 2. The van der Waals surface area contributed by atoms with Gasteiger partial charge in [-0.3, -0.25) is 4.79 Å². The molecule has 0 aliphatic heterocycles. The van der Waals surface area contributed by atoms with E-state index in [0.29, 0.717) is 6.61 Å². The smallest absolute Gasteiger partial charge is 0.152 e. The van der Waals surface area contributed by atoms with E-state index in [9.17, 15) is 4.79 Å². The van der Waals surface area contributed by atoms with Crippen molar-refractivity contribution in [1.82, 2.24) is 0 Å². The van der Waals surface area contributed by atoms with E-state index in [1.165, 1.54) is 0 Å². The first-order valence-corrected chi connectivity index (χ1v) is 7.01. The highest BCUT2D eigenvalue weighted by atomic mass is 79.9. The quantitative estimate of drug-likeness (QED) is 0.774. The topological polar surface area (TPSA) is 26.3 Å². The summed E-state index contributed by atoms with van der Waals surface area (Å²) >= 11 is 3.49. The molecule has 0 heterocycles. The molecule has 1 atom stereocenters. The molecular formula is C15H21BrO2. The number of methoxy groups -OCH3 is 1. The lowest BCUT2D eigenvalue weighted by atomic mass is 9.87. The molecule has 0 fully saturated rings. The number of ether oxygens (including phenoxy) is 1. The number of benzene rings is 1. The lowest BCUT2D eigenvalue weighted by Crippen LogP contribution is -2.29. The molecule has 0 amide bonds. The molecule has 1 aromatic rings. The summed E-state index contributed by atoms with van der Waals surface area (Å²) in [6, 6.07) is 8.19. The molecule has 0 bridgehead atoms. The largest absolute Gasteiger partial charge is 0.380 e. The maximum absolute atomic E-state index is 12.1. The Kier molecular flexibility index (Phi) is 5.54. The standard InChI is InChI=1S/C15H21BrO2/c1-15(2,3)14(17)13(16)9-11-5-7-12(8-6-11)10-18-4/h5-8,13H,9-10H2,1-4H3. The number of hydrogen-bond donors (Lipinski definition) is 0. The number of halogens is 1. The lowest BCUT2D eigenvalue weighted by Gasteiger charge is -2.20. The molecule has 0 aliphatic carbocycles. The van der Waals surface area contributed by atoms with Gasteiger partial charge in [-0.05, 0) is 17.5 Å². The lowest BCUT2D eigenvalue weighted by molar-refractivity contribution is -0.125. The molecule has 0 radical (unpaired) electrons. The van der Waals surface area contributed by atoms with Gasteiger partial charge in [-0.2, -0.15) is 0 Å². The van der Waals surface area contributed by atoms with Crippen molar-refractivity contribution >= 4 is 21.7 Å². The van der Waals surface area contributed by atoms with Crippen molar-refractivity contribution in [2.75, 3.05) is 7.11 Å². The summed E-state index contributed by atoms with van der Waals surface area (Å²) in [4.78, 5) is 12.0. The van der Waals surface area contributed by atoms with Crippen LogP contribution in [0.2, 0.25) is 0 Å². The highest BCUT2D eigenvalue weighted by Crippen LogP contribution is 2.23. The van der Waals surface area contributed by atoms with Crippen LogP contribution in [0.15, 0.2) is 24.3 Å². The van der Waals surface area contributed by atoms with Crippen molar-refractivity contribution in [1.29, 1.82) is 0 Å². The molecule has 0 saturated carbocycles. The van der Waals surface area contributed by atoms with E-state index in [1.807, 2.05) is 32.9 Å². The molecule has 0 aromatic heterocycles. The highest BCUT2D eigenvalue weighted by Gasteiger charge is 2.27. The zero-order chi connectivity index (χ0) is 13.8. The maximum Gasteiger partial charge on any atom is 0.152 e. The molecule has 1 unspecified atom stereocenters. The predicted molar refractivity (Wildman–Crippen MR) is 78.0 cm³/mol. The number of alkyl halides is 1. The Balaban J connectivity index is 2.65. The first-order chi connectivity index (χ1) is 8.34. The van der Waals surface area contributed by atoms with Crippen LogP contribution >= 0.6 is 15.9 Å². The molecule has 1 aromatic carbocycles. The number of carbonyl (C=O) groups is 1. The van der Waals surface area contributed by atoms with Gasteiger partial charge >= 0.3 is 0 Å². The summed E-state index contributed by atoms with van der Waals surface area (Å²) in [5, 5.41) is 0. The third-order valence-corrected chi connectivity index (χ3v) is 3.51. The third kappa shape index (κ3) is 4.54. The van der Waals surface area contributed by atoms with Crippen LogP contribution in [0.5, 0.6) is 0 Å². The zero-order valence-corrected chi connectivity index (χ0v) is 13.1. The van der Waals surface area contributed by atoms with E-state index in [2.05, 4.69) is 28.1 Å². The molecule has 18 heavy (non-hydrogen) atoms. The normalized spacial score (nSPS) is 13.4. The molecule has 1 rings (SSSR count). The summed E-state index contributed by atoms with van der Waals surface area (Å²) < 4.78 is 5.07. The first-order valence-electron chi connectivity index (χ1n) is 6.09. The predicted octanol–water partition coefficient (Wildman–Crippen LogP) is 3.75. The molecule has 3 heteroatoms. The molecule has 0 N–H and O–H groups in total. The fourth-order valence-electron chi connectivity index (χ4n) is 1.71. The fraction of sp³-hybridized carbons (Fsp3) is 0.533. The van der Waals surface area contributed by atoms with Gasteiger partial charge in [0.1, 0.15) is 0 Å². The van der Waals surface area contributed by atoms with Crippen molar-refractivity contribution in [3.63, 3.8) is 0 Å². The Morgan fingerprint density at radius 3 is 2.17 bits per heavy atom. The molecule has 2 nitrogen and oxygen atoms in total. The van der Waals surface area contributed by atoms with Crippen LogP contribution in [0, 0.1) is 5.41 Å². The summed E-state index contributed by atoms with van der Waals surface area (Å²) in [5.74, 6) is 0.239. The number of carbonyl (C=O) groups excluding carboxylic acids is 1. The van der Waals surface area contributed by atoms with Gasteiger partial charge < -0.3 is 4.74 Å². The average Bonchev–Trinajstić information content (AvgIpc) is 2.30. The van der Waals surface area contributed by atoms with Gasteiger partial charge in [0.2, 0.25) is 0 Å². The van der Waals surface area contributed by atoms with Gasteiger partial charge in [0.05, 0.1) is 11.4 Å². The minimum Gasteiger partial charge on any atom is -0.380 e. The van der Waals surface area contributed by atoms with Crippen LogP contribution in [0.1, 0.15) is 31.9 Å². The SMILES string of the molecule is COCc1ccc(CC(Br)C(=O)C(C)(C)C)cc1. The summed E-state index contributed by atoms with van der Waals surface area (Å²) in [7, 11) is 1.68. The van der Waals surface area contributed by atoms with E-state index in [0.717, 1.165) is 17.5 Å². The summed E-state index contributed by atoms with van der Waals surface area (Å²) in [5.41, 5.74) is 2.01. The van der Waals surface area contributed by atoms with Crippen molar-refractivity contribution in [2.45, 2.75) is 38.6 Å². The molecule has 100 valence electrons. The zero-order valence-electron chi connectivity index (χ0n) is 11.5. The van der Waals surface area contributed by atoms with E-state index in [1.54, 1.807) is 7.11 Å². The van der Waals surface area contributed by atoms with E-state index in [-0.39, 0.29) is 16.0 Å². The second-order valence-corrected chi connectivity index (χ2v) is 6.64. The monoisotopic (exact) mass is 312 g/mol. The molecule has 0 aliphatic rings. The van der Waals surface area contributed by atoms with Crippen LogP contribution in [-0.2, 0) is 22.6 Å². The van der Waals surface area contributed by atoms with E-state index in [4.69, 9.17) is 4.74 Å². The van der Waals surface area contributed by atoms with Crippen LogP contribution in [0.4, 0.5) is 0 Å². The Morgan fingerprint density at radius 1 is 1.22 bits per heavy atom. The first kappa shape index (κ1) is 15.4. The van der Waals surface area contributed by atoms with E-state index < -0.39 is 0 Å². The Morgan fingerprint density at radius 2 is 1.72 bits per heavy atom. The minimum absolute atomic E-state index is 0.120. The van der Waals surface area contributed by atoms with Crippen molar-refractivity contribution in [3.8, 4) is 0 Å². The van der Waals surface area contributed by atoms with Crippen LogP contribution in [0.3, 0.4) is 0 Å². The van der Waals surface area contributed by atoms with Gasteiger partial charge in [-0.15, -0.1) is 0 Å². The van der Waals surface area contributed by atoms with Gasteiger partial charge in [0.15, 0.2) is 5.78 Å². The highest BCUT2D eigenvalue weighted by molar-refractivity contribution is 9.10. The molecule has 0 spiro atoms. The average molecular weight is 313 g/mol. The van der Waals surface area contributed by atoms with Crippen LogP contribution in [-0.4, -0.2) is 17.7 Å². The van der Waals surface area contributed by atoms with Gasteiger partial charge in [0.25, 0.3) is 0 Å². The summed E-state index contributed by atoms with van der Waals surface area (Å²) in [6.07, 6.45) is 0.726. The number of rotatable bonds is 5. The second kappa shape index (κ2) is 6.48. The van der Waals surface area contributed by atoms with Crippen LogP contribution < -0.4 is 0 Å². The van der Waals surface area contributed by atoms with Crippen molar-refractivity contribution < 1.29 is 9.53 Å². The Bertz CT molecular complexity index is 390. The molecular weight excluding hydrogens is 292 g/mol. The van der Waals surface area contributed by atoms with Gasteiger partial charge in [-0.25, -0.2) is 0 Å². The maximum atomic E-state index is 12.1. The number of Topliss-reactive ketones (excluding diaryl/α,β-unsaturated/α-hetero) is 1. The van der Waals surface area contributed by atoms with Crippen molar-refractivity contribution in [2.24, 2.45) is 5.41 Å². The van der Waals surface area contributed by atoms with Gasteiger partial charge in [0, 0.05) is 12.5 Å². The van der Waals surface area contributed by atoms with Gasteiger partial charge in [-0.1, -0.05) is 61.0 Å². The second-order valence-electron chi connectivity index (χ2n) is 5.54. The Labute approximate surface area is 118 Å². The van der Waals surface area contributed by atoms with Crippen molar-refractivity contribution in [3.05, 3.63) is 35.4 Å². The summed E-state index contributed by atoms with van der Waals surface area (Å²) in [6.45, 7) is 6.47. The van der Waals surface area contributed by atoms with Crippen LogP contribution in [0.25, 0.3) is 0 Å². The minimum atomic E-state index is -0.301.